The van der Waals surface area contributed by atoms with Gasteiger partial charge in [0.1, 0.15) is 5.54 Å². The Balaban J connectivity index is 1.88. The molecule has 2 fully saturated rings. The molecule has 2 aliphatic heterocycles. The lowest BCUT2D eigenvalue weighted by molar-refractivity contribution is -0.136. The van der Waals surface area contributed by atoms with E-state index in [0.29, 0.717) is 25.9 Å². The van der Waals surface area contributed by atoms with Crippen LogP contribution in [0.25, 0.3) is 0 Å². The normalized spacial score (nSPS) is 25.8. The van der Waals surface area contributed by atoms with Crippen LogP contribution in [-0.2, 0) is 9.59 Å². The first kappa shape index (κ1) is 14.8. The second-order valence-corrected chi connectivity index (χ2v) is 5.51. The fourth-order valence-electron chi connectivity index (χ4n) is 2.84. The number of hydrogen-bond donors (Lipinski definition) is 3. The van der Waals surface area contributed by atoms with Gasteiger partial charge in [-0.05, 0) is 32.2 Å². The molecule has 4 N–H and O–H groups in total. The molecule has 0 bridgehead atoms. The number of nitrogens with two attached hydrogens (primary N) is 1. The third-order valence-corrected chi connectivity index (χ3v) is 3.95. The van der Waals surface area contributed by atoms with Gasteiger partial charge in [0.15, 0.2) is 0 Å². The van der Waals surface area contributed by atoms with Crippen molar-refractivity contribution >= 4 is 17.8 Å². The fraction of sp³-hybridized carbons (Fsp3) is 0.769. The van der Waals surface area contributed by atoms with Crippen molar-refractivity contribution in [1.82, 2.24) is 15.5 Å². The number of carbonyl (C=O) groups is 3. The first-order chi connectivity index (χ1) is 9.57. The van der Waals surface area contributed by atoms with E-state index in [-0.39, 0.29) is 18.4 Å². The topological polar surface area (TPSA) is 105 Å². The van der Waals surface area contributed by atoms with Crippen molar-refractivity contribution < 1.29 is 14.4 Å². The number of rotatable bonds is 5. The molecule has 0 saturated carbocycles. The van der Waals surface area contributed by atoms with Gasteiger partial charge in [0.25, 0.3) is 5.91 Å². The molecule has 0 aromatic rings. The van der Waals surface area contributed by atoms with E-state index in [1.54, 1.807) is 4.90 Å². The average molecular weight is 282 g/mol. The number of amides is 4. The van der Waals surface area contributed by atoms with E-state index in [9.17, 15) is 14.4 Å². The summed E-state index contributed by atoms with van der Waals surface area (Å²) >= 11 is 0. The second kappa shape index (κ2) is 6.21. The molecule has 7 nitrogen and oxygen atoms in total. The first-order valence-electron chi connectivity index (χ1n) is 7.19. The summed E-state index contributed by atoms with van der Waals surface area (Å²) in [6.07, 6.45) is 4.47. The molecule has 2 rings (SSSR count). The molecular formula is C13H22N4O3. The van der Waals surface area contributed by atoms with Crippen LogP contribution in [0.3, 0.4) is 0 Å². The van der Waals surface area contributed by atoms with Crippen molar-refractivity contribution in [1.29, 1.82) is 0 Å². The van der Waals surface area contributed by atoms with Gasteiger partial charge in [-0.15, -0.1) is 0 Å². The zero-order valence-corrected chi connectivity index (χ0v) is 11.6. The van der Waals surface area contributed by atoms with Crippen LogP contribution >= 0.6 is 0 Å². The standard InChI is InChI=1S/C13H22N4O3/c14-7-3-1-2-5-10(18)17-8-4-6-13(9-17)11(19)15-12(20)16-13/h1-9,14H2,(H2,15,16,19,20). The van der Waals surface area contributed by atoms with E-state index in [1.165, 1.54) is 0 Å². The van der Waals surface area contributed by atoms with Crippen LogP contribution < -0.4 is 16.4 Å². The largest absolute Gasteiger partial charge is 0.340 e. The van der Waals surface area contributed by atoms with E-state index >= 15 is 0 Å². The number of urea groups is 1. The molecule has 0 aromatic carbocycles. The molecule has 1 unspecified atom stereocenters. The minimum atomic E-state index is -0.914. The summed E-state index contributed by atoms with van der Waals surface area (Å²) in [4.78, 5) is 37.0. The Morgan fingerprint density at radius 3 is 2.75 bits per heavy atom. The highest BCUT2D eigenvalue weighted by Gasteiger charge is 2.49. The van der Waals surface area contributed by atoms with Gasteiger partial charge in [-0.25, -0.2) is 4.79 Å². The van der Waals surface area contributed by atoms with Gasteiger partial charge < -0.3 is 16.0 Å². The Hall–Kier alpha value is -1.63. The van der Waals surface area contributed by atoms with Crippen LogP contribution in [0.2, 0.25) is 0 Å². The van der Waals surface area contributed by atoms with Gasteiger partial charge in [0.05, 0.1) is 6.54 Å². The first-order valence-corrected chi connectivity index (χ1v) is 7.19. The zero-order chi connectivity index (χ0) is 14.6. The number of hydrogen-bond acceptors (Lipinski definition) is 4. The number of nitrogens with one attached hydrogen (secondary N) is 2. The molecular weight excluding hydrogens is 260 g/mol. The van der Waals surface area contributed by atoms with Gasteiger partial charge in [-0.2, -0.15) is 0 Å². The number of imide groups is 1. The monoisotopic (exact) mass is 282 g/mol. The van der Waals surface area contributed by atoms with Crippen LogP contribution in [0.1, 0.15) is 38.5 Å². The highest BCUT2D eigenvalue weighted by molar-refractivity contribution is 6.07. The van der Waals surface area contributed by atoms with Gasteiger partial charge in [-0.1, -0.05) is 6.42 Å². The number of piperidine rings is 1. The molecule has 2 saturated heterocycles. The lowest BCUT2D eigenvalue weighted by Crippen LogP contribution is -2.59. The van der Waals surface area contributed by atoms with E-state index in [0.717, 1.165) is 25.7 Å². The number of carbonyl (C=O) groups excluding carboxylic acids is 3. The van der Waals surface area contributed by atoms with Crippen LogP contribution in [-0.4, -0.2) is 47.9 Å². The number of unbranched alkanes of at least 4 members (excludes halogenated alkanes) is 2. The van der Waals surface area contributed by atoms with E-state index in [2.05, 4.69) is 10.6 Å². The van der Waals surface area contributed by atoms with Crippen molar-refractivity contribution in [2.75, 3.05) is 19.6 Å². The fourth-order valence-corrected chi connectivity index (χ4v) is 2.84. The van der Waals surface area contributed by atoms with Gasteiger partial charge >= 0.3 is 6.03 Å². The quantitative estimate of drug-likeness (QED) is 0.476. The summed E-state index contributed by atoms with van der Waals surface area (Å²) in [5.41, 5.74) is 4.50. The Bertz CT molecular complexity index is 412. The average Bonchev–Trinajstić information content (AvgIpc) is 2.68. The molecule has 2 aliphatic rings. The molecule has 0 aliphatic carbocycles. The smallest absolute Gasteiger partial charge is 0.322 e. The lowest BCUT2D eigenvalue weighted by atomic mass is 9.89. The Morgan fingerprint density at radius 1 is 1.30 bits per heavy atom. The zero-order valence-electron chi connectivity index (χ0n) is 11.6. The van der Waals surface area contributed by atoms with Crippen molar-refractivity contribution in [2.45, 2.75) is 44.1 Å². The predicted octanol–water partition coefficient (Wildman–Crippen LogP) is -0.294. The van der Waals surface area contributed by atoms with Crippen LogP contribution in [0, 0.1) is 0 Å². The molecule has 0 aromatic heterocycles. The SMILES string of the molecule is NCCCCCC(=O)N1CCCC2(C1)NC(=O)NC2=O. The Labute approximate surface area is 118 Å². The molecule has 7 heteroatoms. The molecule has 4 amide bonds. The Morgan fingerprint density at radius 2 is 2.10 bits per heavy atom. The van der Waals surface area contributed by atoms with E-state index < -0.39 is 11.6 Å². The summed E-state index contributed by atoms with van der Waals surface area (Å²) in [5, 5.41) is 4.93. The van der Waals surface area contributed by atoms with Crippen LogP contribution in [0.5, 0.6) is 0 Å². The maximum absolute atomic E-state index is 12.1. The summed E-state index contributed by atoms with van der Waals surface area (Å²) < 4.78 is 0. The molecule has 2 heterocycles. The van der Waals surface area contributed by atoms with Crippen molar-refractivity contribution in [3.8, 4) is 0 Å². The third-order valence-electron chi connectivity index (χ3n) is 3.95. The highest BCUT2D eigenvalue weighted by atomic mass is 16.2. The summed E-state index contributed by atoms with van der Waals surface area (Å²) in [5.74, 6) is -0.266. The molecule has 20 heavy (non-hydrogen) atoms. The minimum Gasteiger partial charge on any atom is -0.340 e. The van der Waals surface area contributed by atoms with Crippen LogP contribution in [0.15, 0.2) is 0 Å². The summed E-state index contributed by atoms with van der Waals surface area (Å²) in [6.45, 7) is 1.58. The summed E-state index contributed by atoms with van der Waals surface area (Å²) in [6, 6.07) is -0.466. The van der Waals surface area contributed by atoms with Crippen molar-refractivity contribution in [3.05, 3.63) is 0 Å². The number of nitrogens with zero attached hydrogens (tertiary/aromatic N) is 1. The second-order valence-electron chi connectivity index (χ2n) is 5.51. The highest BCUT2D eigenvalue weighted by Crippen LogP contribution is 2.25. The summed E-state index contributed by atoms with van der Waals surface area (Å²) in [7, 11) is 0. The lowest BCUT2D eigenvalue weighted by Gasteiger charge is -2.38. The van der Waals surface area contributed by atoms with Crippen molar-refractivity contribution in [3.63, 3.8) is 0 Å². The molecule has 1 atom stereocenters. The maximum Gasteiger partial charge on any atom is 0.322 e. The maximum atomic E-state index is 12.1. The minimum absolute atomic E-state index is 0.0510. The van der Waals surface area contributed by atoms with E-state index in [4.69, 9.17) is 5.73 Å². The third kappa shape index (κ3) is 3.09. The van der Waals surface area contributed by atoms with Gasteiger partial charge in [-0.3, -0.25) is 14.9 Å². The predicted molar refractivity (Wildman–Crippen MR) is 72.7 cm³/mol. The molecule has 112 valence electrons. The van der Waals surface area contributed by atoms with Crippen molar-refractivity contribution in [2.24, 2.45) is 5.73 Å². The van der Waals surface area contributed by atoms with Crippen LogP contribution in [0.4, 0.5) is 4.79 Å². The van der Waals surface area contributed by atoms with E-state index in [1.807, 2.05) is 0 Å². The van der Waals surface area contributed by atoms with Gasteiger partial charge in [0, 0.05) is 13.0 Å². The Kier molecular flexibility index (Phi) is 4.59. The number of likely N-dealkylation sites (tertiary alicyclic amines) is 1. The molecule has 0 radical (unpaired) electrons. The molecule has 1 spiro atoms. The van der Waals surface area contributed by atoms with Gasteiger partial charge in [0.2, 0.25) is 5.91 Å².